The van der Waals surface area contributed by atoms with Crippen LogP contribution in [0.15, 0.2) is 60.8 Å². The van der Waals surface area contributed by atoms with Crippen LogP contribution in [0.2, 0.25) is 0 Å². The molecule has 1 unspecified atom stereocenters. The second-order valence-electron chi connectivity index (χ2n) is 7.89. The Balaban J connectivity index is 1.91. The van der Waals surface area contributed by atoms with Crippen molar-refractivity contribution in [1.29, 1.82) is 0 Å². The number of aromatic nitrogens is 1. The van der Waals surface area contributed by atoms with Gasteiger partial charge in [0.25, 0.3) is 0 Å². The van der Waals surface area contributed by atoms with E-state index < -0.39 is 29.5 Å². The highest BCUT2D eigenvalue weighted by Gasteiger charge is 2.39. The van der Waals surface area contributed by atoms with Crippen molar-refractivity contribution in [2.75, 3.05) is 11.4 Å². The van der Waals surface area contributed by atoms with Crippen molar-refractivity contribution in [1.82, 2.24) is 4.98 Å². The first-order chi connectivity index (χ1) is 15.1. The molecule has 0 saturated heterocycles. The van der Waals surface area contributed by atoms with Crippen LogP contribution in [0.4, 0.5) is 32.0 Å². The number of nitrogens with zero attached hydrogens (tertiary/aromatic N) is 2. The Kier molecular flexibility index (Phi) is 5.65. The molecule has 3 aromatic rings. The third-order valence-corrected chi connectivity index (χ3v) is 5.66. The largest absolute Gasteiger partial charge is 0.418 e. The van der Waals surface area contributed by atoms with Gasteiger partial charge < -0.3 is 4.90 Å². The number of hydrogen-bond acceptors (Lipinski definition) is 2. The van der Waals surface area contributed by atoms with Gasteiger partial charge in [-0.05, 0) is 66.8 Å². The molecule has 1 aliphatic rings. The molecule has 1 atom stereocenters. The molecule has 168 valence electrons. The Bertz CT molecular complexity index is 1100. The lowest BCUT2D eigenvalue weighted by atomic mass is 9.92. The normalized spacial score (nSPS) is 15.4. The fraction of sp³-hybridized carbons (Fsp3) is 0.292. The predicted octanol–water partition coefficient (Wildman–Crippen LogP) is 6.97. The quantitative estimate of drug-likeness (QED) is 0.401. The van der Waals surface area contributed by atoms with E-state index in [4.69, 9.17) is 0 Å². The number of hydrogen-bond donors (Lipinski definition) is 0. The van der Waals surface area contributed by atoms with Crippen LogP contribution in [0.3, 0.4) is 0 Å². The van der Waals surface area contributed by atoms with Crippen molar-refractivity contribution in [3.05, 3.63) is 94.3 Å². The molecule has 0 radical (unpaired) electrons. The van der Waals surface area contributed by atoms with Crippen LogP contribution in [0.25, 0.3) is 0 Å². The van der Waals surface area contributed by atoms with E-state index in [9.17, 15) is 26.3 Å². The molecule has 8 heteroatoms. The van der Waals surface area contributed by atoms with Crippen LogP contribution < -0.4 is 4.90 Å². The third-order valence-electron chi connectivity index (χ3n) is 5.66. The Morgan fingerprint density at radius 2 is 1.62 bits per heavy atom. The minimum absolute atomic E-state index is 0.228. The van der Waals surface area contributed by atoms with Crippen LogP contribution in [0.1, 0.15) is 46.0 Å². The lowest BCUT2D eigenvalue weighted by molar-refractivity contribution is -0.139. The molecule has 2 aromatic carbocycles. The van der Waals surface area contributed by atoms with Crippen molar-refractivity contribution in [2.45, 2.75) is 38.2 Å². The summed E-state index contributed by atoms with van der Waals surface area (Å²) in [5.74, 6) is 0. The molecule has 0 N–H and O–H groups in total. The number of halogens is 6. The average Bonchev–Trinajstić information content (AvgIpc) is 2.74. The van der Waals surface area contributed by atoms with E-state index in [1.54, 1.807) is 0 Å². The summed E-state index contributed by atoms with van der Waals surface area (Å²) in [6.45, 7) is 2.35. The Hall–Kier alpha value is -3.03. The van der Waals surface area contributed by atoms with E-state index in [0.717, 1.165) is 41.4 Å². The number of fused-ring (bicyclic) bond motifs is 1. The first kappa shape index (κ1) is 22.2. The minimum atomic E-state index is -4.65. The van der Waals surface area contributed by atoms with Gasteiger partial charge in [-0.15, -0.1) is 0 Å². The monoisotopic (exact) mass is 450 g/mol. The van der Waals surface area contributed by atoms with Crippen molar-refractivity contribution in [3.63, 3.8) is 0 Å². The van der Waals surface area contributed by atoms with Crippen LogP contribution in [-0.4, -0.2) is 11.5 Å². The molecule has 0 spiro atoms. The highest BCUT2D eigenvalue weighted by molar-refractivity contribution is 5.60. The molecule has 1 aromatic heterocycles. The van der Waals surface area contributed by atoms with E-state index in [-0.39, 0.29) is 5.69 Å². The van der Waals surface area contributed by atoms with Crippen LogP contribution in [0, 0.1) is 6.92 Å². The molecule has 1 aliphatic heterocycles. The molecule has 0 aliphatic carbocycles. The van der Waals surface area contributed by atoms with Gasteiger partial charge in [0.05, 0.1) is 22.9 Å². The maximum absolute atomic E-state index is 13.9. The van der Waals surface area contributed by atoms with E-state index in [1.807, 2.05) is 30.0 Å². The molecule has 0 amide bonds. The minimum Gasteiger partial charge on any atom is -0.359 e. The van der Waals surface area contributed by atoms with Crippen LogP contribution >= 0.6 is 0 Å². The molecule has 4 rings (SSSR count). The number of alkyl halides is 6. The lowest BCUT2D eigenvalue weighted by Gasteiger charge is -2.39. The number of benzene rings is 2. The van der Waals surface area contributed by atoms with Gasteiger partial charge in [0.2, 0.25) is 0 Å². The van der Waals surface area contributed by atoms with Crippen molar-refractivity contribution in [2.24, 2.45) is 0 Å². The third kappa shape index (κ3) is 4.31. The van der Waals surface area contributed by atoms with Crippen LogP contribution in [-0.2, 0) is 18.8 Å². The summed E-state index contributed by atoms with van der Waals surface area (Å²) in [7, 11) is 0. The molecule has 0 bridgehead atoms. The lowest BCUT2D eigenvalue weighted by Crippen LogP contribution is -2.36. The number of anilines is 1. The number of aryl methyl sites for hydroxylation is 2. The Labute approximate surface area is 181 Å². The summed E-state index contributed by atoms with van der Waals surface area (Å²) >= 11 is 0. The maximum atomic E-state index is 13.9. The van der Waals surface area contributed by atoms with Gasteiger partial charge in [0.15, 0.2) is 0 Å². The van der Waals surface area contributed by atoms with E-state index in [0.29, 0.717) is 18.5 Å². The van der Waals surface area contributed by atoms with E-state index in [1.165, 1.54) is 24.4 Å². The van der Waals surface area contributed by atoms with Crippen molar-refractivity contribution < 1.29 is 26.3 Å². The van der Waals surface area contributed by atoms with E-state index >= 15 is 0 Å². The van der Waals surface area contributed by atoms with Gasteiger partial charge in [0, 0.05) is 18.4 Å². The summed E-state index contributed by atoms with van der Waals surface area (Å²) in [6, 6.07) is 11.3. The van der Waals surface area contributed by atoms with Gasteiger partial charge >= 0.3 is 12.4 Å². The molecule has 0 fully saturated rings. The Morgan fingerprint density at radius 1 is 0.906 bits per heavy atom. The summed E-state index contributed by atoms with van der Waals surface area (Å²) in [5.41, 5.74) is 1.05. The molecule has 2 nitrogen and oxygen atoms in total. The summed E-state index contributed by atoms with van der Waals surface area (Å²) in [5, 5.41) is 0. The summed E-state index contributed by atoms with van der Waals surface area (Å²) < 4.78 is 80.9. The standard InChI is InChI=1S/C24H20F6N2/c1-15-6-7-16-4-3-13-32(20(16)14-15)22(17-8-10-18(11-9-17)23(25,26)27)21-19(24(28,29)30)5-2-12-31-21/h2,5-12,14,22H,3-4,13H2,1H3. The zero-order chi connectivity index (χ0) is 23.1. The highest BCUT2D eigenvalue weighted by Crippen LogP contribution is 2.42. The molecule has 0 saturated carbocycles. The van der Waals surface area contributed by atoms with Gasteiger partial charge in [-0.3, -0.25) is 4.98 Å². The predicted molar refractivity (Wildman–Crippen MR) is 109 cm³/mol. The van der Waals surface area contributed by atoms with Gasteiger partial charge in [0.1, 0.15) is 0 Å². The zero-order valence-electron chi connectivity index (χ0n) is 17.1. The molecule has 2 heterocycles. The molecule has 32 heavy (non-hydrogen) atoms. The average molecular weight is 450 g/mol. The van der Waals surface area contributed by atoms with Crippen LogP contribution in [0.5, 0.6) is 0 Å². The van der Waals surface area contributed by atoms with Crippen molar-refractivity contribution in [3.8, 4) is 0 Å². The zero-order valence-corrected chi connectivity index (χ0v) is 17.1. The van der Waals surface area contributed by atoms with Gasteiger partial charge in [-0.25, -0.2) is 0 Å². The first-order valence-corrected chi connectivity index (χ1v) is 10.1. The number of pyridine rings is 1. The number of rotatable bonds is 3. The Morgan fingerprint density at radius 3 is 2.28 bits per heavy atom. The molecular formula is C24H20F6N2. The second kappa shape index (κ2) is 8.15. The van der Waals surface area contributed by atoms with Gasteiger partial charge in [-0.1, -0.05) is 24.3 Å². The fourth-order valence-corrected chi connectivity index (χ4v) is 4.20. The highest BCUT2D eigenvalue weighted by atomic mass is 19.4. The van der Waals surface area contributed by atoms with Crippen molar-refractivity contribution >= 4 is 5.69 Å². The SMILES string of the molecule is Cc1ccc2c(c1)N(C(c1ccc(C(F)(F)F)cc1)c1ncccc1C(F)(F)F)CCC2. The topological polar surface area (TPSA) is 16.1 Å². The second-order valence-corrected chi connectivity index (χ2v) is 7.89. The fourth-order valence-electron chi connectivity index (χ4n) is 4.20. The maximum Gasteiger partial charge on any atom is 0.418 e. The van der Waals surface area contributed by atoms with E-state index in [2.05, 4.69) is 4.98 Å². The molecular weight excluding hydrogens is 430 g/mol. The summed E-state index contributed by atoms with van der Waals surface area (Å²) in [4.78, 5) is 5.91. The smallest absolute Gasteiger partial charge is 0.359 e. The first-order valence-electron chi connectivity index (χ1n) is 10.1. The van der Waals surface area contributed by atoms with Gasteiger partial charge in [-0.2, -0.15) is 26.3 Å². The summed E-state index contributed by atoms with van der Waals surface area (Å²) in [6.07, 6.45) is -6.42.